The Bertz CT molecular complexity index is 764. The number of nitrogen functional groups attached to an aromatic ring is 1. The molecular formula is C14H11FN4O. The maximum absolute atomic E-state index is 13.3. The first-order chi connectivity index (χ1) is 9.63. The van der Waals surface area contributed by atoms with Crippen LogP contribution in [0, 0.1) is 5.82 Å². The van der Waals surface area contributed by atoms with E-state index in [1.54, 1.807) is 0 Å². The second-order valence-corrected chi connectivity index (χ2v) is 4.29. The lowest BCUT2D eigenvalue weighted by Gasteiger charge is -2.03. The highest BCUT2D eigenvalue weighted by Gasteiger charge is 2.11. The van der Waals surface area contributed by atoms with Crippen LogP contribution in [-0.4, -0.2) is 15.9 Å². The number of hydrogen-bond donors (Lipinski definition) is 3. The highest BCUT2D eigenvalue weighted by atomic mass is 19.1. The summed E-state index contributed by atoms with van der Waals surface area (Å²) in [6.45, 7) is 0. The Balaban J connectivity index is 1.86. The Morgan fingerprint density at radius 3 is 2.80 bits per heavy atom. The number of aromatic amines is 1. The maximum Gasteiger partial charge on any atom is 0.258 e. The smallest absolute Gasteiger partial charge is 0.258 e. The van der Waals surface area contributed by atoms with Gasteiger partial charge in [-0.3, -0.25) is 10.1 Å². The first-order valence-corrected chi connectivity index (χ1v) is 5.94. The second kappa shape index (κ2) is 4.65. The summed E-state index contributed by atoms with van der Waals surface area (Å²) < 4.78 is 13.3. The summed E-state index contributed by atoms with van der Waals surface area (Å²) in [6.07, 6.45) is 0. The van der Waals surface area contributed by atoms with Gasteiger partial charge in [0.05, 0.1) is 16.7 Å². The van der Waals surface area contributed by atoms with E-state index in [-0.39, 0.29) is 11.3 Å². The molecule has 1 aromatic heterocycles. The number of nitrogens with two attached hydrogens (primary N) is 1. The molecule has 3 rings (SSSR count). The molecule has 2 aromatic carbocycles. The van der Waals surface area contributed by atoms with E-state index in [0.717, 1.165) is 17.1 Å². The van der Waals surface area contributed by atoms with E-state index in [4.69, 9.17) is 5.73 Å². The first-order valence-electron chi connectivity index (χ1n) is 5.94. The average Bonchev–Trinajstić information content (AvgIpc) is 2.83. The summed E-state index contributed by atoms with van der Waals surface area (Å²) in [7, 11) is 0. The largest absolute Gasteiger partial charge is 0.396 e. The van der Waals surface area contributed by atoms with Gasteiger partial charge in [-0.1, -0.05) is 12.1 Å². The van der Waals surface area contributed by atoms with Gasteiger partial charge in [-0.2, -0.15) is 0 Å². The lowest BCUT2D eigenvalue weighted by Crippen LogP contribution is -2.13. The summed E-state index contributed by atoms with van der Waals surface area (Å²) in [6, 6.07) is 11.3. The van der Waals surface area contributed by atoms with Crippen molar-refractivity contribution in [3.05, 3.63) is 53.8 Å². The van der Waals surface area contributed by atoms with Gasteiger partial charge in [0.15, 0.2) is 0 Å². The third kappa shape index (κ3) is 2.18. The molecular weight excluding hydrogens is 259 g/mol. The molecule has 0 saturated carbocycles. The van der Waals surface area contributed by atoms with Gasteiger partial charge in [0, 0.05) is 5.56 Å². The zero-order chi connectivity index (χ0) is 14.1. The molecule has 0 spiro atoms. The molecule has 0 aliphatic carbocycles. The van der Waals surface area contributed by atoms with Crippen molar-refractivity contribution in [1.29, 1.82) is 0 Å². The lowest BCUT2D eigenvalue weighted by atomic mass is 10.2. The van der Waals surface area contributed by atoms with E-state index in [0.29, 0.717) is 5.95 Å². The van der Waals surface area contributed by atoms with Gasteiger partial charge in [-0.25, -0.2) is 9.37 Å². The fourth-order valence-electron chi connectivity index (χ4n) is 1.86. The number of fused-ring (bicyclic) bond motifs is 1. The van der Waals surface area contributed by atoms with Crippen LogP contribution in [0.15, 0.2) is 42.5 Å². The maximum atomic E-state index is 13.3. The fourth-order valence-corrected chi connectivity index (χ4v) is 1.86. The number of aromatic nitrogens is 2. The monoisotopic (exact) mass is 270 g/mol. The lowest BCUT2D eigenvalue weighted by molar-refractivity contribution is 0.102. The fraction of sp³-hybridized carbons (Fsp3) is 0. The highest BCUT2D eigenvalue weighted by molar-refractivity contribution is 6.04. The van der Waals surface area contributed by atoms with Crippen LogP contribution in [0.25, 0.3) is 11.0 Å². The number of carbonyl (C=O) groups excluding carboxylic acids is 1. The van der Waals surface area contributed by atoms with Crippen molar-refractivity contribution in [3.63, 3.8) is 0 Å². The normalized spacial score (nSPS) is 10.7. The van der Waals surface area contributed by atoms with Crippen molar-refractivity contribution in [2.24, 2.45) is 0 Å². The molecule has 1 heterocycles. The molecule has 0 saturated heterocycles. The standard InChI is InChI=1S/C14H11FN4O/c15-9-7-8(5-6-10(9)16)13(20)19-14-17-11-3-1-2-4-12(11)18-14/h1-7H,16H2,(H2,17,18,19,20). The van der Waals surface area contributed by atoms with E-state index in [1.165, 1.54) is 12.1 Å². The third-order valence-electron chi connectivity index (χ3n) is 2.88. The van der Waals surface area contributed by atoms with Crippen LogP contribution in [0.4, 0.5) is 16.0 Å². The van der Waals surface area contributed by atoms with Gasteiger partial charge < -0.3 is 10.7 Å². The molecule has 3 aromatic rings. The van der Waals surface area contributed by atoms with Crippen LogP contribution < -0.4 is 11.1 Å². The minimum atomic E-state index is -0.623. The zero-order valence-corrected chi connectivity index (χ0v) is 10.4. The molecule has 0 aliphatic heterocycles. The van der Waals surface area contributed by atoms with Crippen LogP contribution in [0.1, 0.15) is 10.4 Å². The van der Waals surface area contributed by atoms with Crippen LogP contribution in [-0.2, 0) is 0 Å². The zero-order valence-electron chi connectivity index (χ0n) is 10.4. The van der Waals surface area contributed by atoms with Crippen molar-refractivity contribution in [2.45, 2.75) is 0 Å². The van der Waals surface area contributed by atoms with Gasteiger partial charge in [0.25, 0.3) is 5.91 Å². The molecule has 1 amide bonds. The summed E-state index contributed by atoms with van der Waals surface area (Å²) in [5.74, 6) is -0.765. The molecule has 4 N–H and O–H groups in total. The van der Waals surface area contributed by atoms with Gasteiger partial charge >= 0.3 is 0 Å². The summed E-state index contributed by atoms with van der Waals surface area (Å²) in [5, 5.41) is 2.58. The predicted octanol–water partition coefficient (Wildman–Crippen LogP) is 2.54. The van der Waals surface area contributed by atoms with Crippen LogP contribution >= 0.6 is 0 Å². The number of rotatable bonds is 2. The predicted molar refractivity (Wildman–Crippen MR) is 74.9 cm³/mol. The molecule has 6 heteroatoms. The van der Waals surface area contributed by atoms with Crippen LogP contribution in [0.3, 0.4) is 0 Å². The number of nitrogens with one attached hydrogen (secondary N) is 2. The number of para-hydroxylation sites is 2. The summed E-state index contributed by atoms with van der Waals surface area (Å²) >= 11 is 0. The van der Waals surface area contributed by atoms with Crippen molar-refractivity contribution in [3.8, 4) is 0 Å². The van der Waals surface area contributed by atoms with Gasteiger partial charge in [0.1, 0.15) is 5.82 Å². The number of imidazole rings is 1. The topological polar surface area (TPSA) is 83.8 Å². The van der Waals surface area contributed by atoms with E-state index < -0.39 is 11.7 Å². The summed E-state index contributed by atoms with van der Waals surface area (Å²) in [4.78, 5) is 19.1. The summed E-state index contributed by atoms with van der Waals surface area (Å²) in [5.41, 5.74) is 7.10. The van der Waals surface area contributed by atoms with Gasteiger partial charge in [-0.15, -0.1) is 0 Å². The number of halogens is 1. The number of hydrogen-bond acceptors (Lipinski definition) is 3. The number of anilines is 2. The van der Waals surface area contributed by atoms with E-state index >= 15 is 0 Å². The number of benzene rings is 2. The minimum absolute atomic E-state index is 0.00490. The molecule has 0 atom stereocenters. The van der Waals surface area contributed by atoms with E-state index in [1.807, 2.05) is 24.3 Å². The van der Waals surface area contributed by atoms with Crippen molar-refractivity contribution in [2.75, 3.05) is 11.1 Å². The van der Waals surface area contributed by atoms with E-state index in [2.05, 4.69) is 15.3 Å². The van der Waals surface area contributed by atoms with E-state index in [9.17, 15) is 9.18 Å². The van der Waals surface area contributed by atoms with Gasteiger partial charge in [-0.05, 0) is 30.3 Å². The van der Waals surface area contributed by atoms with Gasteiger partial charge in [0.2, 0.25) is 5.95 Å². The highest BCUT2D eigenvalue weighted by Crippen LogP contribution is 2.16. The molecule has 0 unspecified atom stereocenters. The number of carbonyl (C=O) groups is 1. The van der Waals surface area contributed by atoms with Crippen molar-refractivity contribution >= 4 is 28.6 Å². The molecule has 100 valence electrons. The molecule has 0 radical (unpaired) electrons. The average molecular weight is 270 g/mol. The van der Waals surface area contributed by atoms with Crippen LogP contribution in [0.2, 0.25) is 0 Å². The number of amides is 1. The third-order valence-corrected chi connectivity index (χ3v) is 2.88. The van der Waals surface area contributed by atoms with Crippen LogP contribution in [0.5, 0.6) is 0 Å². The Labute approximate surface area is 113 Å². The number of H-pyrrole nitrogens is 1. The Morgan fingerprint density at radius 2 is 2.05 bits per heavy atom. The molecule has 20 heavy (non-hydrogen) atoms. The second-order valence-electron chi connectivity index (χ2n) is 4.29. The Morgan fingerprint density at radius 1 is 1.25 bits per heavy atom. The van der Waals surface area contributed by atoms with Crippen molar-refractivity contribution in [1.82, 2.24) is 9.97 Å². The Kier molecular flexibility index (Phi) is 2.83. The first kappa shape index (κ1) is 12.2. The minimum Gasteiger partial charge on any atom is -0.396 e. The molecule has 0 fully saturated rings. The molecule has 0 aliphatic rings. The molecule has 5 nitrogen and oxygen atoms in total. The SMILES string of the molecule is Nc1ccc(C(=O)Nc2nc3ccccc3[nH]2)cc1F. The Hall–Kier alpha value is -2.89. The quantitative estimate of drug-likeness (QED) is 0.626. The van der Waals surface area contributed by atoms with Crippen molar-refractivity contribution < 1.29 is 9.18 Å². The molecule has 0 bridgehead atoms. The number of nitrogens with zero attached hydrogens (tertiary/aromatic N) is 1.